The van der Waals surface area contributed by atoms with Gasteiger partial charge in [-0.3, -0.25) is 9.59 Å². The van der Waals surface area contributed by atoms with Crippen LogP contribution in [-0.4, -0.2) is 24.1 Å². The van der Waals surface area contributed by atoms with Gasteiger partial charge in [-0.15, -0.1) is 0 Å². The molecule has 6 nitrogen and oxygen atoms in total. The van der Waals surface area contributed by atoms with Crippen LogP contribution < -0.4 is 16.1 Å². The molecule has 3 N–H and O–H groups in total. The third kappa shape index (κ3) is 6.04. The molecule has 0 aliphatic heterocycles. The molecule has 130 valence electrons. The molecule has 2 rings (SSSR count). The van der Waals surface area contributed by atoms with Crippen molar-refractivity contribution in [2.24, 2.45) is 5.10 Å². The van der Waals surface area contributed by atoms with Gasteiger partial charge in [-0.05, 0) is 44.2 Å². The third-order valence-electron chi connectivity index (χ3n) is 3.06. The molecule has 7 heteroatoms. The summed E-state index contributed by atoms with van der Waals surface area (Å²) in [5.41, 5.74) is 4.72. The van der Waals surface area contributed by atoms with Crippen LogP contribution in [-0.2, 0) is 9.59 Å². The van der Waals surface area contributed by atoms with Gasteiger partial charge in [0.2, 0.25) is 0 Å². The summed E-state index contributed by atoms with van der Waals surface area (Å²) in [4.78, 5) is 23.2. The van der Waals surface area contributed by atoms with E-state index in [9.17, 15) is 9.59 Å². The topological polar surface area (TPSA) is 82.6 Å². The van der Waals surface area contributed by atoms with E-state index in [4.69, 9.17) is 0 Å². The average Bonchev–Trinajstić information content (AvgIpc) is 2.57. The Morgan fingerprint density at radius 2 is 1.80 bits per heavy atom. The number of nitrogens with one attached hydrogen (secondary N) is 3. The van der Waals surface area contributed by atoms with Crippen LogP contribution in [0.3, 0.4) is 0 Å². The van der Waals surface area contributed by atoms with Crippen molar-refractivity contribution in [1.82, 2.24) is 10.7 Å². The first-order valence-electron chi connectivity index (χ1n) is 7.71. The molecule has 2 amide bonds. The standard InChI is InChI=1S/C18H19BrN4O2/c1-12(2)21-17(24)18(25)23-20-11-13-10-14(19)8-9-16(13)22-15-6-4-3-5-7-15/h3-12,22H,1-2H3,(H,21,24)(H,23,25)/b20-11-. The van der Waals surface area contributed by atoms with E-state index in [1.54, 1.807) is 13.8 Å². The second-order valence-electron chi connectivity index (χ2n) is 5.55. The molecule has 0 spiro atoms. The van der Waals surface area contributed by atoms with E-state index in [1.165, 1.54) is 6.21 Å². The summed E-state index contributed by atoms with van der Waals surface area (Å²) in [6, 6.07) is 15.2. The number of halogens is 1. The molecule has 0 aliphatic carbocycles. The molecular weight excluding hydrogens is 384 g/mol. The number of nitrogens with zero attached hydrogens (tertiary/aromatic N) is 1. The zero-order valence-corrected chi connectivity index (χ0v) is 15.5. The van der Waals surface area contributed by atoms with E-state index >= 15 is 0 Å². The summed E-state index contributed by atoms with van der Waals surface area (Å²) < 4.78 is 0.872. The lowest BCUT2D eigenvalue weighted by Crippen LogP contribution is -2.41. The maximum atomic E-state index is 11.6. The number of para-hydroxylation sites is 1. The molecule has 0 atom stereocenters. The quantitative estimate of drug-likeness (QED) is 0.408. The molecule has 0 heterocycles. The van der Waals surface area contributed by atoms with Crippen LogP contribution in [0.2, 0.25) is 0 Å². The van der Waals surface area contributed by atoms with Crippen molar-refractivity contribution >= 4 is 45.3 Å². The number of rotatable bonds is 5. The number of carbonyl (C=O) groups excluding carboxylic acids is 2. The highest BCUT2D eigenvalue weighted by Gasteiger charge is 2.13. The van der Waals surface area contributed by atoms with Crippen LogP contribution in [0.15, 0.2) is 58.1 Å². The van der Waals surface area contributed by atoms with Crippen LogP contribution in [0.5, 0.6) is 0 Å². The van der Waals surface area contributed by atoms with Crippen molar-refractivity contribution in [3.8, 4) is 0 Å². The van der Waals surface area contributed by atoms with Crippen molar-refractivity contribution in [1.29, 1.82) is 0 Å². The highest BCUT2D eigenvalue weighted by molar-refractivity contribution is 9.10. The summed E-state index contributed by atoms with van der Waals surface area (Å²) in [6.45, 7) is 3.55. The number of hydrogen-bond acceptors (Lipinski definition) is 4. The molecule has 2 aromatic rings. The highest BCUT2D eigenvalue weighted by atomic mass is 79.9. The normalized spacial score (nSPS) is 10.7. The third-order valence-corrected chi connectivity index (χ3v) is 3.56. The van der Waals surface area contributed by atoms with Crippen LogP contribution in [0.25, 0.3) is 0 Å². The number of hydrogen-bond donors (Lipinski definition) is 3. The van der Waals surface area contributed by atoms with Crippen LogP contribution in [0, 0.1) is 0 Å². The van der Waals surface area contributed by atoms with Crippen molar-refractivity contribution in [3.63, 3.8) is 0 Å². The van der Waals surface area contributed by atoms with Crippen molar-refractivity contribution in [3.05, 3.63) is 58.6 Å². The first kappa shape index (κ1) is 18.7. The molecule has 0 radical (unpaired) electrons. The summed E-state index contributed by atoms with van der Waals surface area (Å²) in [5.74, 6) is -1.53. The zero-order valence-electron chi connectivity index (χ0n) is 13.9. The van der Waals surface area contributed by atoms with Crippen LogP contribution >= 0.6 is 15.9 Å². The first-order valence-corrected chi connectivity index (χ1v) is 8.50. The number of carbonyl (C=O) groups is 2. The molecule has 0 aromatic heterocycles. The fourth-order valence-corrected chi connectivity index (χ4v) is 2.35. The Morgan fingerprint density at radius 3 is 2.48 bits per heavy atom. The van der Waals surface area contributed by atoms with E-state index in [0.29, 0.717) is 0 Å². The molecule has 0 saturated carbocycles. The van der Waals surface area contributed by atoms with Gasteiger partial charge in [0.25, 0.3) is 0 Å². The average molecular weight is 403 g/mol. The van der Waals surface area contributed by atoms with Crippen LogP contribution in [0.1, 0.15) is 19.4 Å². The van der Waals surface area contributed by atoms with Gasteiger partial charge in [-0.1, -0.05) is 34.1 Å². The van der Waals surface area contributed by atoms with Gasteiger partial charge in [-0.2, -0.15) is 5.10 Å². The minimum absolute atomic E-state index is 0.117. The summed E-state index contributed by atoms with van der Waals surface area (Å²) in [6.07, 6.45) is 1.48. The Balaban J connectivity index is 2.09. The van der Waals surface area contributed by atoms with Gasteiger partial charge in [-0.25, -0.2) is 5.43 Å². The maximum absolute atomic E-state index is 11.6. The molecule has 0 unspecified atom stereocenters. The molecule has 0 fully saturated rings. The molecule has 25 heavy (non-hydrogen) atoms. The highest BCUT2D eigenvalue weighted by Crippen LogP contribution is 2.23. The summed E-state index contributed by atoms with van der Waals surface area (Å²) in [7, 11) is 0. The SMILES string of the molecule is CC(C)NC(=O)C(=O)N/N=C\c1cc(Br)ccc1Nc1ccccc1. The Morgan fingerprint density at radius 1 is 1.08 bits per heavy atom. The number of amides is 2. The van der Waals surface area contributed by atoms with E-state index < -0.39 is 11.8 Å². The molecule has 0 aliphatic rings. The largest absolute Gasteiger partial charge is 0.355 e. The Kier molecular flexibility index (Phi) is 6.71. The monoisotopic (exact) mass is 402 g/mol. The molecular formula is C18H19BrN4O2. The Bertz CT molecular complexity index is 776. The van der Waals surface area contributed by atoms with Gasteiger partial charge >= 0.3 is 11.8 Å². The van der Waals surface area contributed by atoms with E-state index in [-0.39, 0.29) is 6.04 Å². The van der Waals surface area contributed by atoms with Crippen molar-refractivity contribution < 1.29 is 9.59 Å². The van der Waals surface area contributed by atoms with E-state index in [0.717, 1.165) is 21.4 Å². The summed E-state index contributed by atoms with van der Waals surface area (Å²) in [5, 5.41) is 9.65. The van der Waals surface area contributed by atoms with E-state index in [1.807, 2.05) is 48.5 Å². The van der Waals surface area contributed by atoms with Gasteiger partial charge in [0.15, 0.2) is 0 Å². The van der Waals surface area contributed by atoms with Gasteiger partial charge in [0, 0.05) is 27.5 Å². The smallest absolute Gasteiger partial charge is 0.329 e. The lowest BCUT2D eigenvalue weighted by Gasteiger charge is -2.10. The Labute approximate surface area is 154 Å². The van der Waals surface area contributed by atoms with Gasteiger partial charge < -0.3 is 10.6 Å². The predicted molar refractivity (Wildman–Crippen MR) is 103 cm³/mol. The van der Waals surface area contributed by atoms with Crippen LogP contribution in [0.4, 0.5) is 11.4 Å². The van der Waals surface area contributed by atoms with Gasteiger partial charge in [0.05, 0.1) is 6.21 Å². The number of benzene rings is 2. The van der Waals surface area contributed by atoms with Crippen molar-refractivity contribution in [2.45, 2.75) is 19.9 Å². The fourth-order valence-electron chi connectivity index (χ4n) is 1.97. The lowest BCUT2D eigenvalue weighted by atomic mass is 10.2. The second-order valence-corrected chi connectivity index (χ2v) is 6.47. The van der Waals surface area contributed by atoms with E-state index in [2.05, 4.69) is 37.1 Å². The number of anilines is 2. The molecule has 0 saturated heterocycles. The lowest BCUT2D eigenvalue weighted by molar-refractivity contribution is -0.139. The zero-order chi connectivity index (χ0) is 18.2. The molecule has 2 aromatic carbocycles. The number of hydrazone groups is 1. The van der Waals surface area contributed by atoms with Crippen molar-refractivity contribution in [2.75, 3.05) is 5.32 Å². The van der Waals surface area contributed by atoms with Gasteiger partial charge in [0.1, 0.15) is 0 Å². The molecule has 0 bridgehead atoms. The first-order chi connectivity index (χ1) is 12.0. The second kappa shape index (κ2) is 8.98. The summed E-state index contributed by atoms with van der Waals surface area (Å²) >= 11 is 3.41. The Hall–Kier alpha value is -2.67. The minimum Gasteiger partial charge on any atom is -0.355 e. The minimum atomic E-state index is -0.808. The fraction of sp³-hybridized carbons (Fsp3) is 0.167. The maximum Gasteiger partial charge on any atom is 0.329 e. The predicted octanol–water partition coefficient (Wildman–Crippen LogP) is 3.17.